The number of benzene rings is 1. The zero-order valence-corrected chi connectivity index (χ0v) is 22.0. The minimum Gasteiger partial charge on any atom is -0.493 e. The molecule has 3 aliphatic rings. The molecular formula is C28H44N4O5. The van der Waals surface area contributed by atoms with E-state index in [9.17, 15) is 15.0 Å². The number of hydrogen-bond donors (Lipinski definition) is 5. The van der Waals surface area contributed by atoms with Crippen LogP contribution in [0.25, 0.3) is 10.9 Å². The number of nitrogens with one attached hydrogen (secondary N) is 1. The summed E-state index contributed by atoms with van der Waals surface area (Å²) in [5.74, 6) is 0.787. The highest BCUT2D eigenvalue weighted by Gasteiger charge is 2.30. The van der Waals surface area contributed by atoms with Crippen LogP contribution in [-0.2, 0) is 0 Å². The highest BCUT2D eigenvalue weighted by atomic mass is 16.5. The molecule has 0 bridgehead atoms. The topological polar surface area (TPSA) is 135 Å². The number of likely N-dealkylation sites (tertiary alicyclic amines) is 2. The number of carboxylic acids is 1. The number of nitrogens with two attached hydrogens (primary N) is 1. The molecule has 2 saturated heterocycles. The third kappa shape index (κ3) is 7.45. The van der Waals surface area contributed by atoms with Gasteiger partial charge in [-0.3, -0.25) is 4.90 Å². The molecule has 3 fully saturated rings. The molecule has 206 valence electrons. The average Bonchev–Trinajstić information content (AvgIpc) is 3.31. The minimum atomic E-state index is -0.948. The summed E-state index contributed by atoms with van der Waals surface area (Å²) in [6, 6.07) is 7.81. The van der Waals surface area contributed by atoms with E-state index in [4.69, 9.17) is 15.6 Å². The molecule has 0 spiro atoms. The second-order valence-corrected chi connectivity index (χ2v) is 11.1. The lowest BCUT2D eigenvalue weighted by atomic mass is 9.86. The second kappa shape index (κ2) is 13.1. The van der Waals surface area contributed by atoms with Crippen LogP contribution in [0.2, 0.25) is 0 Å². The fraction of sp³-hybridized carbons (Fsp3) is 0.679. The number of ether oxygens (including phenoxy) is 1. The maximum atomic E-state index is 10.9. The summed E-state index contributed by atoms with van der Waals surface area (Å²) >= 11 is 0. The quantitative estimate of drug-likeness (QED) is 0.361. The van der Waals surface area contributed by atoms with Crippen molar-refractivity contribution in [2.75, 3.05) is 45.9 Å². The fourth-order valence-electron chi connectivity index (χ4n) is 5.45. The van der Waals surface area contributed by atoms with Gasteiger partial charge in [0.05, 0.1) is 19.3 Å². The van der Waals surface area contributed by atoms with Gasteiger partial charge in [-0.15, -0.1) is 0 Å². The number of hydrogen-bond acceptors (Lipinski definition) is 7. The number of aliphatic hydroxyl groups excluding tert-OH is 2. The number of aromatic nitrogens is 1. The molecule has 9 heteroatoms. The minimum absolute atomic E-state index is 0.177. The van der Waals surface area contributed by atoms with E-state index in [0.717, 1.165) is 75.2 Å². The molecule has 3 atom stereocenters. The first-order valence-electron chi connectivity index (χ1n) is 13.8. The number of aromatic carboxylic acids is 1. The Hall–Kier alpha value is -2.17. The van der Waals surface area contributed by atoms with Crippen molar-refractivity contribution < 1.29 is 24.9 Å². The van der Waals surface area contributed by atoms with Crippen LogP contribution in [-0.4, -0.2) is 100 Å². The predicted molar refractivity (Wildman–Crippen MR) is 144 cm³/mol. The largest absolute Gasteiger partial charge is 0.493 e. The van der Waals surface area contributed by atoms with Crippen molar-refractivity contribution >= 4 is 16.9 Å². The number of carboxylic acid groups (broad SMARTS) is 1. The first-order valence-corrected chi connectivity index (χ1v) is 13.8. The molecule has 1 aromatic heterocycles. The smallest absolute Gasteiger partial charge is 0.352 e. The summed E-state index contributed by atoms with van der Waals surface area (Å²) in [6.07, 6.45) is 6.55. The lowest BCUT2D eigenvalue weighted by Crippen LogP contribution is -2.53. The average molecular weight is 517 g/mol. The summed E-state index contributed by atoms with van der Waals surface area (Å²) in [7, 11) is 0. The third-order valence-corrected chi connectivity index (χ3v) is 8.27. The number of fused-ring (bicyclic) bond motifs is 1. The summed E-state index contributed by atoms with van der Waals surface area (Å²) in [4.78, 5) is 18.6. The van der Waals surface area contributed by atoms with Gasteiger partial charge in [0.2, 0.25) is 0 Å². The highest BCUT2D eigenvalue weighted by molar-refractivity contribution is 5.96. The lowest BCUT2D eigenvalue weighted by Gasteiger charge is -2.41. The van der Waals surface area contributed by atoms with Crippen LogP contribution in [0.3, 0.4) is 0 Å². The Kier molecular flexibility index (Phi) is 9.83. The Bertz CT molecular complexity index is 1000. The van der Waals surface area contributed by atoms with E-state index in [-0.39, 0.29) is 24.4 Å². The van der Waals surface area contributed by atoms with Crippen LogP contribution in [0.15, 0.2) is 24.3 Å². The van der Waals surface area contributed by atoms with Gasteiger partial charge in [0, 0.05) is 42.6 Å². The van der Waals surface area contributed by atoms with Crippen molar-refractivity contribution in [3.63, 3.8) is 0 Å². The van der Waals surface area contributed by atoms with Crippen molar-refractivity contribution in [3.8, 4) is 5.75 Å². The van der Waals surface area contributed by atoms with E-state index in [1.807, 2.05) is 18.2 Å². The van der Waals surface area contributed by atoms with Gasteiger partial charge < -0.3 is 35.7 Å². The Morgan fingerprint density at radius 1 is 1.19 bits per heavy atom. The third-order valence-electron chi connectivity index (χ3n) is 8.27. The first-order chi connectivity index (χ1) is 17.8. The highest BCUT2D eigenvalue weighted by Crippen LogP contribution is 2.30. The van der Waals surface area contributed by atoms with Crippen LogP contribution in [0.5, 0.6) is 5.75 Å². The van der Waals surface area contributed by atoms with Crippen LogP contribution in [0.4, 0.5) is 0 Å². The van der Waals surface area contributed by atoms with Gasteiger partial charge in [-0.05, 0) is 75.2 Å². The molecular weight excluding hydrogens is 472 g/mol. The van der Waals surface area contributed by atoms with E-state index in [2.05, 4.69) is 21.7 Å². The Morgan fingerprint density at radius 3 is 2.57 bits per heavy atom. The Morgan fingerprint density at radius 2 is 1.95 bits per heavy atom. The van der Waals surface area contributed by atoms with Crippen LogP contribution < -0.4 is 10.5 Å². The van der Waals surface area contributed by atoms with Gasteiger partial charge in [0.15, 0.2) is 0 Å². The molecule has 1 saturated carbocycles. The number of H-pyrrole nitrogens is 1. The van der Waals surface area contributed by atoms with Crippen LogP contribution in [0, 0.1) is 11.8 Å². The summed E-state index contributed by atoms with van der Waals surface area (Å²) < 4.78 is 5.80. The number of carbonyl (C=O) groups is 1. The Labute approximate surface area is 219 Å². The zero-order chi connectivity index (χ0) is 26.4. The molecule has 0 amide bonds. The normalized spacial score (nSPS) is 24.8. The molecule has 2 aromatic rings. The van der Waals surface area contributed by atoms with Crippen molar-refractivity contribution in [2.24, 2.45) is 17.6 Å². The number of aromatic amines is 1. The monoisotopic (exact) mass is 516 g/mol. The fourth-order valence-corrected chi connectivity index (χ4v) is 5.45. The predicted octanol–water partition coefficient (Wildman–Crippen LogP) is 2.52. The number of aliphatic hydroxyl groups is 2. The summed E-state index contributed by atoms with van der Waals surface area (Å²) in [6.45, 7) is 7.81. The van der Waals surface area contributed by atoms with Crippen molar-refractivity contribution in [3.05, 3.63) is 30.0 Å². The molecule has 9 nitrogen and oxygen atoms in total. The molecule has 2 aliphatic heterocycles. The second-order valence-electron chi connectivity index (χ2n) is 11.1. The first kappa shape index (κ1) is 27.9. The van der Waals surface area contributed by atoms with E-state index >= 15 is 0 Å². The number of piperidine rings is 2. The van der Waals surface area contributed by atoms with Gasteiger partial charge in [-0.2, -0.15) is 0 Å². The Balaban J connectivity index is 0.000000173. The van der Waals surface area contributed by atoms with Gasteiger partial charge in [0.25, 0.3) is 0 Å². The van der Waals surface area contributed by atoms with E-state index in [0.29, 0.717) is 17.9 Å². The van der Waals surface area contributed by atoms with Crippen LogP contribution >= 0.6 is 0 Å². The van der Waals surface area contributed by atoms with Gasteiger partial charge in [-0.1, -0.05) is 19.4 Å². The SMILES string of the molecule is C[C@H]1CN([C@@H](CO)CN2CCC(N)CC2)CC[C@@H]1O.O=C(O)c1cc2c(OCC3CCC3)cccc2[nH]1. The van der Waals surface area contributed by atoms with Gasteiger partial charge >= 0.3 is 5.97 Å². The standard InChI is InChI=1S/C14H29N3O2.C14H15NO3/c1-11-8-17(7-4-14(11)19)13(10-18)9-16-5-2-12(15)3-6-16;16-14(17)12-7-10-11(15-12)5-2-6-13(10)18-8-9-3-1-4-9/h11-14,18-19H,2-10,15H2,1H3;2,5-7,9,15H,1,3-4,8H2,(H,16,17)/t11-,13+,14-;/m0./s1. The van der Waals surface area contributed by atoms with Crippen molar-refractivity contribution in [2.45, 2.75) is 63.6 Å². The molecule has 1 aliphatic carbocycles. The molecule has 1 aromatic carbocycles. The summed E-state index contributed by atoms with van der Waals surface area (Å²) in [5, 5.41) is 29.3. The molecule has 0 radical (unpaired) electrons. The van der Waals surface area contributed by atoms with Gasteiger partial charge in [0.1, 0.15) is 11.4 Å². The van der Waals surface area contributed by atoms with E-state index in [1.54, 1.807) is 6.07 Å². The van der Waals surface area contributed by atoms with Gasteiger partial charge in [-0.25, -0.2) is 4.79 Å². The van der Waals surface area contributed by atoms with Crippen LogP contribution in [0.1, 0.15) is 55.9 Å². The number of rotatable bonds is 8. The molecule has 37 heavy (non-hydrogen) atoms. The molecule has 0 unspecified atom stereocenters. The van der Waals surface area contributed by atoms with Crippen molar-refractivity contribution in [1.82, 2.24) is 14.8 Å². The zero-order valence-electron chi connectivity index (χ0n) is 22.0. The lowest BCUT2D eigenvalue weighted by molar-refractivity contribution is -0.00566. The summed E-state index contributed by atoms with van der Waals surface area (Å²) in [5.41, 5.74) is 6.93. The molecule has 6 N–H and O–H groups in total. The number of nitrogens with zero attached hydrogens (tertiary/aromatic N) is 2. The maximum absolute atomic E-state index is 10.9. The maximum Gasteiger partial charge on any atom is 0.352 e. The molecule has 5 rings (SSSR count). The molecule has 3 heterocycles. The van der Waals surface area contributed by atoms with Crippen molar-refractivity contribution in [1.29, 1.82) is 0 Å². The van der Waals surface area contributed by atoms with E-state index < -0.39 is 5.97 Å². The van der Waals surface area contributed by atoms with E-state index in [1.165, 1.54) is 19.3 Å².